The molecule has 0 saturated heterocycles. The number of carbonyl (C=O) groups is 1. The molecule has 0 N–H and O–H groups in total. The molecule has 0 aliphatic heterocycles. The smallest absolute Gasteiger partial charge is 0.189 e. The van der Waals surface area contributed by atoms with E-state index in [0.29, 0.717) is 23.6 Å². The molecular weight excluding hydrogens is 493 g/mol. The highest BCUT2D eigenvalue weighted by Gasteiger charge is 2.21. The summed E-state index contributed by atoms with van der Waals surface area (Å²) in [5, 5.41) is 4.42. The Kier molecular flexibility index (Phi) is 7.43. The van der Waals surface area contributed by atoms with Gasteiger partial charge in [-0.3, -0.25) is 9.48 Å². The van der Waals surface area contributed by atoms with Crippen molar-refractivity contribution in [3.05, 3.63) is 72.3 Å². The standard InChI is InChI=1S/C20H15Cl5N2O3/c1-3-27-10(2)13(8-26-27)14(28)7-6-11-4-5-12(30-11)9-29-20-18(24)16(22)15(21)17(23)19(20)25/h4-8H,3,9H2,1-2H3/b7-6+. The van der Waals surface area contributed by atoms with Crippen molar-refractivity contribution in [1.29, 1.82) is 0 Å². The first-order valence-corrected chi connectivity index (χ1v) is 10.6. The van der Waals surface area contributed by atoms with Crippen LogP contribution in [0.2, 0.25) is 25.1 Å². The Hall–Kier alpha value is -1.63. The molecule has 0 amide bonds. The lowest BCUT2D eigenvalue weighted by Gasteiger charge is -2.12. The number of furan rings is 1. The zero-order chi connectivity index (χ0) is 22.0. The van der Waals surface area contributed by atoms with Crippen LogP contribution in [0, 0.1) is 6.92 Å². The number of benzene rings is 1. The third-order valence-corrected chi connectivity index (χ3v) is 6.52. The maximum absolute atomic E-state index is 12.4. The average molecular weight is 509 g/mol. The van der Waals surface area contributed by atoms with Crippen LogP contribution in [0.1, 0.15) is 34.5 Å². The molecule has 0 fully saturated rings. The van der Waals surface area contributed by atoms with Crippen LogP contribution in [0.15, 0.2) is 28.8 Å². The van der Waals surface area contributed by atoms with Crippen molar-refractivity contribution in [2.75, 3.05) is 0 Å². The van der Waals surface area contributed by atoms with Gasteiger partial charge in [-0.15, -0.1) is 0 Å². The van der Waals surface area contributed by atoms with E-state index >= 15 is 0 Å². The number of halogens is 5. The Labute approximate surface area is 198 Å². The van der Waals surface area contributed by atoms with Gasteiger partial charge < -0.3 is 9.15 Å². The summed E-state index contributed by atoms with van der Waals surface area (Å²) in [6, 6.07) is 3.40. The Morgan fingerprint density at radius 1 is 1.10 bits per heavy atom. The molecule has 0 radical (unpaired) electrons. The van der Waals surface area contributed by atoms with Gasteiger partial charge in [-0.2, -0.15) is 5.10 Å². The number of allylic oxidation sites excluding steroid dienone is 1. The van der Waals surface area contributed by atoms with Crippen molar-refractivity contribution in [2.24, 2.45) is 0 Å². The molecule has 2 aromatic heterocycles. The van der Waals surface area contributed by atoms with E-state index in [0.717, 1.165) is 5.69 Å². The fourth-order valence-corrected chi connectivity index (χ4v) is 3.90. The predicted molar refractivity (Wildman–Crippen MR) is 121 cm³/mol. The molecule has 0 saturated carbocycles. The number of rotatable bonds is 7. The molecule has 3 rings (SSSR count). The molecule has 0 atom stereocenters. The van der Waals surface area contributed by atoms with Crippen molar-refractivity contribution in [2.45, 2.75) is 27.0 Å². The van der Waals surface area contributed by atoms with E-state index in [9.17, 15) is 4.79 Å². The second-order valence-electron chi connectivity index (χ2n) is 6.15. The van der Waals surface area contributed by atoms with Crippen molar-refractivity contribution in [3.8, 4) is 5.75 Å². The van der Waals surface area contributed by atoms with E-state index in [1.807, 2.05) is 13.8 Å². The van der Waals surface area contributed by atoms with Crippen molar-refractivity contribution < 1.29 is 13.9 Å². The van der Waals surface area contributed by atoms with E-state index in [1.165, 1.54) is 6.08 Å². The Bertz CT molecular complexity index is 1100. The zero-order valence-corrected chi connectivity index (χ0v) is 19.6. The van der Waals surface area contributed by atoms with Gasteiger partial charge in [0, 0.05) is 12.2 Å². The van der Waals surface area contributed by atoms with Gasteiger partial charge in [0.2, 0.25) is 0 Å². The molecule has 3 aromatic rings. The highest BCUT2D eigenvalue weighted by atomic mass is 35.5. The monoisotopic (exact) mass is 506 g/mol. The van der Waals surface area contributed by atoms with E-state index in [2.05, 4.69) is 5.10 Å². The predicted octanol–water partition coefficient (Wildman–Crippen LogP) is 7.55. The first-order valence-electron chi connectivity index (χ1n) is 8.72. The minimum absolute atomic E-state index is 0.0118. The number of aryl methyl sites for hydroxylation is 1. The normalized spacial score (nSPS) is 11.4. The summed E-state index contributed by atoms with van der Waals surface area (Å²) in [5.41, 5.74) is 1.36. The van der Waals surface area contributed by atoms with Crippen LogP contribution in [0.4, 0.5) is 0 Å². The highest BCUT2D eigenvalue weighted by molar-refractivity contribution is 6.55. The van der Waals surface area contributed by atoms with Gasteiger partial charge in [-0.25, -0.2) is 0 Å². The molecule has 0 unspecified atom stereocenters. The molecule has 5 nitrogen and oxygen atoms in total. The topological polar surface area (TPSA) is 57.3 Å². The fourth-order valence-electron chi connectivity index (χ4n) is 2.67. The molecule has 0 bridgehead atoms. The van der Waals surface area contributed by atoms with Crippen molar-refractivity contribution in [1.82, 2.24) is 9.78 Å². The van der Waals surface area contributed by atoms with Crippen molar-refractivity contribution in [3.63, 3.8) is 0 Å². The fraction of sp³-hybridized carbons (Fsp3) is 0.200. The molecule has 10 heteroatoms. The highest BCUT2D eigenvalue weighted by Crippen LogP contribution is 2.48. The molecule has 30 heavy (non-hydrogen) atoms. The summed E-state index contributed by atoms with van der Waals surface area (Å²) >= 11 is 30.3. The lowest BCUT2D eigenvalue weighted by molar-refractivity contribution is 0.104. The van der Waals surface area contributed by atoms with Crippen LogP contribution in [0.5, 0.6) is 5.75 Å². The Morgan fingerprint density at radius 3 is 2.33 bits per heavy atom. The number of hydrogen-bond donors (Lipinski definition) is 0. The number of carbonyl (C=O) groups excluding carboxylic acids is 1. The third kappa shape index (κ3) is 4.66. The van der Waals surface area contributed by atoms with Gasteiger partial charge in [0.25, 0.3) is 0 Å². The largest absolute Gasteiger partial charge is 0.482 e. The number of hydrogen-bond acceptors (Lipinski definition) is 4. The minimum Gasteiger partial charge on any atom is -0.482 e. The average Bonchev–Trinajstić information content (AvgIpc) is 3.35. The van der Waals surface area contributed by atoms with Crippen LogP contribution in [0.3, 0.4) is 0 Å². The van der Waals surface area contributed by atoms with E-state index < -0.39 is 0 Å². The molecule has 0 spiro atoms. The van der Waals surface area contributed by atoms with Gasteiger partial charge in [-0.1, -0.05) is 58.0 Å². The van der Waals surface area contributed by atoms with Crippen LogP contribution in [-0.2, 0) is 13.2 Å². The lowest BCUT2D eigenvalue weighted by Crippen LogP contribution is -2.01. The maximum atomic E-state index is 12.4. The van der Waals surface area contributed by atoms with Crippen LogP contribution in [-0.4, -0.2) is 15.6 Å². The Balaban J connectivity index is 1.70. The summed E-state index contributed by atoms with van der Waals surface area (Å²) in [7, 11) is 0. The molecular formula is C20H15Cl5N2O3. The molecule has 0 aliphatic rings. The molecule has 158 valence electrons. The molecule has 0 aliphatic carbocycles. The number of aromatic nitrogens is 2. The van der Waals surface area contributed by atoms with Gasteiger partial charge in [0.1, 0.15) is 28.2 Å². The Morgan fingerprint density at radius 2 is 1.73 bits per heavy atom. The van der Waals surface area contributed by atoms with Crippen LogP contribution in [0.25, 0.3) is 6.08 Å². The van der Waals surface area contributed by atoms with Crippen molar-refractivity contribution >= 4 is 69.9 Å². The number of nitrogens with zero attached hydrogens (tertiary/aromatic N) is 2. The van der Waals surface area contributed by atoms with E-state index in [4.69, 9.17) is 67.2 Å². The second-order valence-corrected chi connectivity index (χ2v) is 8.04. The van der Waals surface area contributed by atoms with Gasteiger partial charge >= 0.3 is 0 Å². The first kappa shape index (κ1) is 23.0. The molecule has 2 heterocycles. The summed E-state index contributed by atoms with van der Waals surface area (Å²) in [6.45, 7) is 4.52. The van der Waals surface area contributed by atoms with Crippen LogP contribution < -0.4 is 4.74 Å². The quantitative estimate of drug-likeness (QED) is 0.143. The van der Waals surface area contributed by atoms with Gasteiger partial charge in [0.15, 0.2) is 11.5 Å². The SMILES string of the molecule is CCn1ncc(C(=O)/C=C/c2ccc(COc3c(Cl)c(Cl)c(Cl)c(Cl)c3Cl)o2)c1C. The lowest BCUT2D eigenvalue weighted by atomic mass is 10.1. The second kappa shape index (κ2) is 9.67. The maximum Gasteiger partial charge on any atom is 0.189 e. The third-order valence-electron chi connectivity index (χ3n) is 4.28. The van der Waals surface area contributed by atoms with Gasteiger partial charge in [0.05, 0.1) is 26.8 Å². The number of ether oxygens (including phenoxy) is 1. The minimum atomic E-state index is -0.162. The van der Waals surface area contributed by atoms with Gasteiger partial charge in [-0.05, 0) is 38.1 Å². The first-order chi connectivity index (χ1) is 14.2. The van der Waals surface area contributed by atoms with E-state index in [1.54, 1.807) is 29.1 Å². The number of ketones is 1. The summed E-state index contributed by atoms with van der Waals surface area (Å²) in [5.74, 6) is 0.897. The zero-order valence-electron chi connectivity index (χ0n) is 15.8. The van der Waals surface area contributed by atoms with Crippen LogP contribution >= 0.6 is 58.0 Å². The summed E-state index contributed by atoms with van der Waals surface area (Å²) in [6.07, 6.45) is 4.56. The molecule has 1 aromatic carbocycles. The summed E-state index contributed by atoms with van der Waals surface area (Å²) < 4.78 is 13.0. The summed E-state index contributed by atoms with van der Waals surface area (Å²) in [4.78, 5) is 12.4. The van der Waals surface area contributed by atoms with E-state index in [-0.39, 0.29) is 43.3 Å².